The van der Waals surface area contributed by atoms with Gasteiger partial charge in [-0.2, -0.15) is 0 Å². The van der Waals surface area contributed by atoms with Gasteiger partial charge in [0.05, 0.1) is 36.4 Å². The average molecular weight is 290 g/mol. The summed E-state index contributed by atoms with van der Waals surface area (Å²) in [5.41, 5.74) is 1.89. The van der Waals surface area contributed by atoms with Gasteiger partial charge in [0.2, 0.25) is 0 Å². The second kappa shape index (κ2) is 5.71. The smallest absolute Gasteiger partial charge is 0.155 e. The number of hydrogen-bond acceptors (Lipinski definition) is 5. The molecule has 0 spiro atoms. The van der Waals surface area contributed by atoms with E-state index in [0.717, 1.165) is 25.3 Å². The molecule has 21 heavy (non-hydrogen) atoms. The molecule has 0 aliphatic carbocycles. The Kier molecular flexibility index (Phi) is 3.93. The highest BCUT2D eigenvalue weighted by molar-refractivity contribution is 5.36. The zero-order valence-corrected chi connectivity index (χ0v) is 12.8. The van der Waals surface area contributed by atoms with E-state index in [4.69, 9.17) is 9.47 Å². The second-order valence-corrected chi connectivity index (χ2v) is 6.18. The predicted octanol–water partition coefficient (Wildman–Crippen LogP) is 1.36. The van der Waals surface area contributed by atoms with E-state index in [1.165, 1.54) is 5.69 Å². The Balaban J connectivity index is 1.77. The van der Waals surface area contributed by atoms with Crippen LogP contribution in [0.4, 0.5) is 0 Å². The zero-order valence-electron chi connectivity index (χ0n) is 12.8. The van der Waals surface area contributed by atoms with E-state index < -0.39 is 0 Å². The summed E-state index contributed by atoms with van der Waals surface area (Å²) in [6, 6.07) is 0. The molecule has 6 heteroatoms. The van der Waals surface area contributed by atoms with E-state index in [0.29, 0.717) is 6.61 Å². The van der Waals surface area contributed by atoms with Crippen LogP contribution in [0.3, 0.4) is 0 Å². The summed E-state index contributed by atoms with van der Waals surface area (Å²) in [6.45, 7) is 7.48. The fourth-order valence-corrected chi connectivity index (χ4v) is 3.05. The standard InChI is InChI=1S/C15H22N4O2/c1-15(2)11-18(9-13(21-15)10-20-3)8-12-6-17-14-7-16-4-5-19(12)14/h4-7,13H,8-11H2,1-3H3/t13-/m0/s1. The quantitative estimate of drug-likeness (QED) is 0.851. The van der Waals surface area contributed by atoms with Crippen LogP contribution in [0.1, 0.15) is 19.5 Å². The van der Waals surface area contributed by atoms with Gasteiger partial charge in [-0.15, -0.1) is 0 Å². The molecular formula is C15H22N4O2. The molecule has 6 nitrogen and oxygen atoms in total. The van der Waals surface area contributed by atoms with E-state index in [1.807, 2.05) is 12.4 Å². The number of fused-ring (bicyclic) bond motifs is 1. The van der Waals surface area contributed by atoms with Gasteiger partial charge >= 0.3 is 0 Å². The summed E-state index contributed by atoms with van der Waals surface area (Å²) in [6.07, 6.45) is 7.55. The van der Waals surface area contributed by atoms with Crippen molar-refractivity contribution in [2.45, 2.75) is 32.1 Å². The zero-order chi connectivity index (χ0) is 14.9. The molecule has 0 radical (unpaired) electrons. The molecular weight excluding hydrogens is 268 g/mol. The summed E-state index contributed by atoms with van der Waals surface area (Å²) < 4.78 is 13.4. The third-order valence-electron chi connectivity index (χ3n) is 3.68. The molecule has 1 fully saturated rings. The number of hydrogen-bond donors (Lipinski definition) is 0. The highest BCUT2D eigenvalue weighted by atomic mass is 16.5. The van der Waals surface area contributed by atoms with Crippen molar-refractivity contribution in [1.29, 1.82) is 0 Å². The topological polar surface area (TPSA) is 51.9 Å². The largest absolute Gasteiger partial charge is 0.382 e. The summed E-state index contributed by atoms with van der Waals surface area (Å²) in [5, 5.41) is 0. The highest BCUT2D eigenvalue weighted by Gasteiger charge is 2.33. The van der Waals surface area contributed by atoms with E-state index >= 15 is 0 Å². The molecule has 3 heterocycles. The Morgan fingerprint density at radius 2 is 2.29 bits per heavy atom. The number of rotatable bonds is 4. The molecule has 1 atom stereocenters. The molecule has 0 N–H and O–H groups in total. The molecule has 1 aliphatic rings. The van der Waals surface area contributed by atoms with Gasteiger partial charge in [0, 0.05) is 39.1 Å². The lowest BCUT2D eigenvalue weighted by Gasteiger charge is -2.42. The van der Waals surface area contributed by atoms with Crippen LogP contribution in [0.2, 0.25) is 0 Å². The Morgan fingerprint density at radius 3 is 3.10 bits per heavy atom. The van der Waals surface area contributed by atoms with Gasteiger partial charge in [0.15, 0.2) is 5.65 Å². The highest BCUT2D eigenvalue weighted by Crippen LogP contribution is 2.22. The molecule has 3 rings (SSSR count). The predicted molar refractivity (Wildman–Crippen MR) is 79.1 cm³/mol. The van der Waals surface area contributed by atoms with Gasteiger partial charge in [0.25, 0.3) is 0 Å². The molecule has 114 valence electrons. The number of aromatic nitrogens is 3. The van der Waals surface area contributed by atoms with Crippen LogP contribution in [0.25, 0.3) is 5.65 Å². The van der Waals surface area contributed by atoms with Crippen molar-refractivity contribution < 1.29 is 9.47 Å². The maximum atomic E-state index is 6.05. The third-order valence-corrected chi connectivity index (χ3v) is 3.68. The fourth-order valence-electron chi connectivity index (χ4n) is 3.05. The number of morpholine rings is 1. The summed E-state index contributed by atoms with van der Waals surface area (Å²) in [5.74, 6) is 0. The maximum absolute atomic E-state index is 6.05. The molecule has 2 aromatic rings. The SMILES string of the molecule is COC[C@@H]1CN(Cc2cnc3cnccn23)CC(C)(C)O1. The third kappa shape index (κ3) is 3.23. The lowest BCUT2D eigenvalue weighted by Crippen LogP contribution is -2.53. The van der Waals surface area contributed by atoms with E-state index in [2.05, 4.69) is 33.1 Å². The Morgan fingerprint density at radius 1 is 1.43 bits per heavy atom. The van der Waals surface area contributed by atoms with Crippen LogP contribution < -0.4 is 0 Å². The first-order valence-corrected chi connectivity index (χ1v) is 7.22. The first-order chi connectivity index (χ1) is 10.1. The van der Waals surface area contributed by atoms with Crippen molar-refractivity contribution in [3.05, 3.63) is 30.5 Å². The molecule has 0 unspecified atom stereocenters. The van der Waals surface area contributed by atoms with Crippen LogP contribution in [0, 0.1) is 0 Å². The molecule has 2 aromatic heterocycles. The van der Waals surface area contributed by atoms with Crippen molar-refractivity contribution >= 4 is 5.65 Å². The maximum Gasteiger partial charge on any atom is 0.155 e. The Labute approximate surface area is 124 Å². The lowest BCUT2D eigenvalue weighted by atomic mass is 10.1. The van der Waals surface area contributed by atoms with Crippen molar-refractivity contribution in [2.24, 2.45) is 0 Å². The summed E-state index contributed by atoms with van der Waals surface area (Å²) >= 11 is 0. The number of ether oxygens (including phenoxy) is 2. The monoisotopic (exact) mass is 290 g/mol. The fraction of sp³-hybridized carbons (Fsp3) is 0.600. The number of nitrogens with zero attached hydrogens (tertiary/aromatic N) is 4. The molecule has 0 aromatic carbocycles. The number of methoxy groups -OCH3 is 1. The van der Waals surface area contributed by atoms with E-state index in [9.17, 15) is 0 Å². The van der Waals surface area contributed by atoms with Crippen molar-refractivity contribution in [2.75, 3.05) is 26.8 Å². The minimum atomic E-state index is -0.163. The minimum Gasteiger partial charge on any atom is -0.382 e. The van der Waals surface area contributed by atoms with Crippen LogP contribution in [-0.4, -0.2) is 57.8 Å². The number of imidazole rings is 1. The molecule has 1 aliphatic heterocycles. The van der Waals surface area contributed by atoms with Crippen molar-refractivity contribution in [3.8, 4) is 0 Å². The van der Waals surface area contributed by atoms with Crippen molar-refractivity contribution in [3.63, 3.8) is 0 Å². The Hall–Kier alpha value is -1.50. The van der Waals surface area contributed by atoms with Crippen LogP contribution in [0.15, 0.2) is 24.8 Å². The van der Waals surface area contributed by atoms with Crippen molar-refractivity contribution in [1.82, 2.24) is 19.3 Å². The van der Waals surface area contributed by atoms with Gasteiger partial charge < -0.3 is 9.47 Å². The normalized spacial score (nSPS) is 22.7. The van der Waals surface area contributed by atoms with Gasteiger partial charge in [-0.3, -0.25) is 14.3 Å². The molecule has 0 bridgehead atoms. The lowest BCUT2D eigenvalue weighted by molar-refractivity contribution is -0.154. The van der Waals surface area contributed by atoms with Gasteiger partial charge in [-0.05, 0) is 13.8 Å². The van der Waals surface area contributed by atoms with Crippen LogP contribution in [-0.2, 0) is 16.0 Å². The molecule has 0 amide bonds. The first-order valence-electron chi connectivity index (χ1n) is 7.22. The summed E-state index contributed by atoms with van der Waals surface area (Å²) in [7, 11) is 1.72. The van der Waals surface area contributed by atoms with E-state index in [-0.39, 0.29) is 11.7 Å². The van der Waals surface area contributed by atoms with Gasteiger partial charge in [-0.25, -0.2) is 4.98 Å². The second-order valence-electron chi connectivity index (χ2n) is 6.18. The molecule has 0 saturated carbocycles. The molecule has 1 saturated heterocycles. The van der Waals surface area contributed by atoms with Gasteiger partial charge in [-0.1, -0.05) is 0 Å². The van der Waals surface area contributed by atoms with E-state index in [1.54, 1.807) is 19.5 Å². The first kappa shape index (κ1) is 14.4. The average Bonchev–Trinajstić information content (AvgIpc) is 2.81. The van der Waals surface area contributed by atoms with Crippen LogP contribution in [0.5, 0.6) is 0 Å². The Bertz CT molecular complexity index is 610. The minimum absolute atomic E-state index is 0.111. The van der Waals surface area contributed by atoms with Gasteiger partial charge in [0.1, 0.15) is 0 Å². The summed E-state index contributed by atoms with van der Waals surface area (Å²) in [4.78, 5) is 10.9. The van der Waals surface area contributed by atoms with Crippen LogP contribution >= 0.6 is 0 Å².